The molecule has 0 radical (unpaired) electrons. The minimum absolute atomic E-state index is 0. The second-order valence-corrected chi connectivity index (χ2v) is 6.33. The maximum Gasteiger partial charge on any atom is 0.213 e. The summed E-state index contributed by atoms with van der Waals surface area (Å²) < 4.78 is 13.3. The zero-order valence-electron chi connectivity index (χ0n) is 15.3. The van der Waals surface area contributed by atoms with Gasteiger partial charge in [-0.1, -0.05) is 11.6 Å². The third-order valence-corrected chi connectivity index (χ3v) is 4.23. The number of pyridine rings is 1. The van der Waals surface area contributed by atoms with Crippen molar-refractivity contribution >= 4 is 41.5 Å². The molecule has 0 amide bonds. The van der Waals surface area contributed by atoms with Gasteiger partial charge in [0.1, 0.15) is 12.7 Å². The molecule has 0 bridgehead atoms. The van der Waals surface area contributed by atoms with Crippen LogP contribution in [0.4, 0.5) is 0 Å². The molecule has 2 aromatic heterocycles. The van der Waals surface area contributed by atoms with Crippen molar-refractivity contribution in [1.82, 2.24) is 25.0 Å². The average molecular weight is 507 g/mol. The van der Waals surface area contributed by atoms with E-state index in [-0.39, 0.29) is 30.1 Å². The van der Waals surface area contributed by atoms with E-state index >= 15 is 0 Å². The van der Waals surface area contributed by atoms with E-state index in [0.29, 0.717) is 30.7 Å². The van der Waals surface area contributed by atoms with Crippen LogP contribution < -0.4 is 10.1 Å². The summed E-state index contributed by atoms with van der Waals surface area (Å²) in [6.45, 7) is 3.25. The number of ether oxygens (including phenoxy) is 2. The van der Waals surface area contributed by atoms with Gasteiger partial charge in [-0.25, -0.2) is 4.98 Å². The molecule has 3 rings (SSSR count). The van der Waals surface area contributed by atoms with Crippen LogP contribution in [0.5, 0.6) is 5.88 Å². The minimum Gasteiger partial charge on any atom is -0.476 e. The van der Waals surface area contributed by atoms with Gasteiger partial charge in [0, 0.05) is 44.7 Å². The van der Waals surface area contributed by atoms with E-state index < -0.39 is 0 Å². The lowest BCUT2D eigenvalue weighted by molar-refractivity contribution is -0.00805. The Balaban J connectivity index is 0.00000261. The lowest BCUT2D eigenvalue weighted by atomic mass is 10.1. The van der Waals surface area contributed by atoms with Crippen molar-refractivity contribution in [2.45, 2.75) is 6.10 Å². The Hall–Kier alpha value is -1.59. The SMILES string of the molecule is CN=C(NCCOc1ccc(Cl)cn1)N1CCOC(c2cnn(C)c2)C1.I. The zero-order chi connectivity index (χ0) is 18.4. The number of aliphatic imine (C=N–C) groups is 1. The van der Waals surface area contributed by atoms with E-state index in [1.165, 1.54) is 0 Å². The molecule has 0 saturated carbocycles. The largest absolute Gasteiger partial charge is 0.476 e. The molecule has 27 heavy (non-hydrogen) atoms. The summed E-state index contributed by atoms with van der Waals surface area (Å²) in [5.74, 6) is 1.38. The van der Waals surface area contributed by atoms with Crippen LogP contribution in [0.2, 0.25) is 5.02 Å². The topological polar surface area (TPSA) is 76.8 Å². The number of halogens is 2. The fourth-order valence-electron chi connectivity index (χ4n) is 2.75. The number of nitrogens with zero attached hydrogens (tertiary/aromatic N) is 5. The molecule has 148 valence electrons. The molecule has 10 heteroatoms. The van der Waals surface area contributed by atoms with Gasteiger partial charge in [-0.2, -0.15) is 5.10 Å². The molecule has 1 aliphatic rings. The number of morpholine rings is 1. The van der Waals surface area contributed by atoms with Gasteiger partial charge >= 0.3 is 0 Å². The van der Waals surface area contributed by atoms with Gasteiger partial charge < -0.3 is 19.7 Å². The quantitative estimate of drug-likeness (QED) is 0.290. The molecule has 1 unspecified atom stereocenters. The highest BCUT2D eigenvalue weighted by Crippen LogP contribution is 2.21. The minimum atomic E-state index is -0.00878. The van der Waals surface area contributed by atoms with E-state index in [0.717, 1.165) is 24.6 Å². The first-order chi connectivity index (χ1) is 12.7. The van der Waals surface area contributed by atoms with E-state index in [9.17, 15) is 0 Å². The lowest BCUT2D eigenvalue weighted by Gasteiger charge is -2.34. The Morgan fingerprint density at radius 1 is 1.44 bits per heavy atom. The molecule has 1 saturated heterocycles. The molecule has 1 fully saturated rings. The Morgan fingerprint density at radius 2 is 2.30 bits per heavy atom. The first-order valence-electron chi connectivity index (χ1n) is 8.46. The van der Waals surface area contributed by atoms with Crippen LogP contribution in [0, 0.1) is 0 Å². The summed E-state index contributed by atoms with van der Waals surface area (Å²) in [4.78, 5) is 10.7. The van der Waals surface area contributed by atoms with Gasteiger partial charge in [0.25, 0.3) is 0 Å². The van der Waals surface area contributed by atoms with Crippen molar-refractivity contribution in [2.75, 3.05) is 39.9 Å². The van der Waals surface area contributed by atoms with Crippen molar-refractivity contribution in [3.63, 3.8) is 0 Å². The first kappa shape index (κ1) is 21.7. The lowest BCUT2D eigenvalue weighted by Crippen LogP contribution is -2.48. The Morgan fingerprint density at radius 3 is 2.96 bits per heavy atom. The highest BCUT2D eigenvalue weighted by atomic mass is 127. The van der Waals surface area contributed by atoms with Crippen LogP contribution in [0.1, 0.15) is 11.7 Å². The zero-order valence-corrected chi connectivity index (χ0v) is 18.4. The Kier molecular flexibility index (Phi) is 8.58. The molecule has 1 aliphatic heterocycles. The fraction of sp³-hybridized carbons (Fsp3) is 0.471. The van der Waals surface area contributed by atoms with Gasteiger partial charge in [0.05, 0.1) is 30.9 Å². The van der Waals surface area contributed by atoms with Crippen LogP contribution >= 0.6 is 35.6 Å². The summed E-state index contributed by atoms with van der Waals surface area (Å²) in [6, 6.07) is 3.50. The number of rotatable bonds is 5. The number of hydrogen-bond acceptors (Lipinski definition) is 5. The van der Waals surface area contributed by atoms with Gasteiger partial charge in [0.15, 0.2) is 5.96 Å². The molecule has 0 aliphatic carbocycles. The number of guanidine groups is 1. The van der Waals surface area contributed by atoms with Crippen LogP contribution in [-0.4, -0.2) is 65.5 Å². The smallest absolute Gasteiger partial charge is 0.213 e. The van der Waals surface area contributed by atoms with Crippen LogP contribution in [0.3, 0.4) is 0 Å². The highest BCUT2D eigenvalue weighted by molar-refractivity contribution is 14.0. The normalized spacial score (nSPS) is 17.4. The van der Waals surface area contributed by atoms with Gasteiger partial charge in [-0.15, -0.1) is 24.0 Å². The van der Waals surface area contributed by atoms with Crippen LogP contribution in [0.15, 0.2) is 35.7 Å². The maximum atomic E-state index is 5.87. The van der Waals surface area contributed by atoms with Gasteiger partial charge in [-0.05, 0) is 6.07 Å². The standard InChI is InChI=1S/C17H23ClN6O2.HI/c1-19-17(20-5-7-26-16-4-3-14(18)10-21-16)24-6-8-25-15(12-24)13-9-22-23(2)11-13;/h3-4,9-11,15H,5-8,12H2,1-2H3,(H,19,20);1H. The second-order valence-electron chi connectivity index (χ2n) is 5.89. The summed E-state index contributed by atoms with van der Waals surface area (Å²) in [7, 11) is 3.68. The number of aromatic nitrogens is 3. The third kappa shape index (κ3) is 6.22. The predicted octanol–water partition coefficient (Wildman–Crippen LogP) is 2.11. The molecule has 1 N–H and O–H groups in total. The van der Waals surface area contributed by atoms with E-state index in [1.54, 1.807) is 30.1 Å². The Labute approximate surface area is 180 Å². The van der Waals surface area contributed by atoms with Crippen LogP contribution in [-0.2, 0) is 11.8 Å². The predicted molar refractivity (Wildman–Crippen MR) is 115 cm³/mol. The molecule has 2 aromatic rings. The fourth-order valence-corrected chi connectivity index (χ4v) is 2.86. The average Bonchev–Trinajstić information content (AvgIpc) is 3.10. The first-order valence-corrected chi connectivity index (χ1v) is 8.83. The van der Waals surface area contributed by atoms with Crippen molar-refractivity contribution < 1.29 is 9.47 Å². The second kappa shape index (κ2) is 10.7. The van der Waals surface area contributed by atoms with Crippen molar-refractivity contribution in [3.05, 3.63) is 41.3 Å². The van der Waals surface area contributed by atoms with E-state index in [2.05, 4.69) is 25.3 Å². The van der Waals surface area contributed by atoms with Gasteiger partial charge in [0.2, 0.25) is 5.88 Å². The summed E-state index contributed by atoms with van der Waals surface area (Å²) in [5.41, 5.74) is 1.07. The van der Waals surface area contributed by atoms with Gasteiger partial charge in [-0.3, -0.25) is 9.67 Å². The van der Waals surface area contributed by atoms with E-state index in [4.69, 9.17) is 21.1 Å². The molecule has 0 aromatic carbocycles. The maximum absolute atomic E-state index is 5.87. The monoisotopic (exact) mass is 506 g/mol. The molecular weight excluding hydrogens is 483 g/mol. The highest BCUT2D eigenvalue weighted by Gasteiger charge is 2.25. The summed E-state index contributed by atoms with van der Waals surface area (Å²) >= 11 is 5.81. The number of hydrogen-bond donors (Lipinski definition) is 1. The van der Waals surface area contributed by atoms with Crippen molar-refractivity contribution in [3.8, 4) is 5.88 Å². The molecule has 3 heterocycles. The third-order valence-electron chi connectivity index (χ3n) is 4.01. The Bertz CT molecular complexity index is 739. The molecule has 1 atom stereocenters. The number of aryl methyl sites for hydroxylation is 1. The summed E-state index contributed by atoms with van der Waals surface area (Å²) in [6.07, 6.45) is 5.38. The molecular formula is C17H24ClIN6O2. The molecule has 0 spiro atoms. The van der Waals surface area contributed by atoms with Crippen molar-refractivity contribution in [2.24, 2.45) is 12.0 Å². The van der Waals surface area contributed by atoms with Crippen molar-refractivity contribution in [1.29, 1.82) is 0 Å². The molecule has 8 nitrogen and oxygen atoms in total. The number of nitrogens with one attached hydrogen (secondary N) is 1. The van der Waals surface area contributed by atoms with E-state index in [1.807, 2.05) is 19.4 Å². The summed E-state index contributed by atoms with van der Waals surface area (Å²) in [5, 5.41) is 8.13. The van der Waals surface area contributed by atoms with Crippen LogP contribution in [0.25, 0.3) is 0 Å².